The third kappa shape index (κ3) is 3.71. The van der Waals surface area contributed by atoms with Gasteiger partial charge < -0.3 is 0 Å². The van der Waals surface area contributed by atoms with Gasteiger partial charge in [0.1, 0.15) is 5.82 Å². The zero-order chi connectivity index (χ0) is 21.4. The molecule has 2 aromatic heterocycles. The first-order valence-electron chi connectivity index (χ1n) is 9.23. The van der Waals surface area contributed by atoms with Gasteiger partial charge in [0.15, 0.2) is 16.3 Å². The van der Waals surface area contributed by atoms with Crippen LogP contribution >= 0.6 is 23.4 Å². The predicted molar refractivity (Wildman–Crippen MR) is 118 cm³/mol. The third-order valence-corrected chi connectivity index (χ3v) is 5.73. The molecule has 0 bridgehead atoms. The number of nitrogens with zero attached hydrogens (tertiary/aromatic N) is 5. The molecule has 3 aromatic carbocycles. The molecule has 0 amide bonds. The predicted octanol–water partition coefficient (Wildman–Crippen LogP) is 4.91. The molecule has 0 unspecified atom stereocenters. The molecule has 31 heavy (non-hydrogen) atoms. The number of para-hydroxylation sites is 1. The van der Waals surface area contributed by atoms with Crippen molar-refractivity contribution in [2.75, 3.05) is 0 Å². The number of halogens is 2. The lowest BCUT2D eigenvalue weighted by molar-refractivity contribution is 0.626. The number of rotatable bonds is 4. The summed E-state index contributed by atoms with van der Waals surface area (Å²) in [5, 5.41) is 9.09. The second kappa shape index (κ2) is 7.98. The van der Waals surface area contributed by atoms with Crippen molar-refractivity contribution in [3.05, 3.63) is 100 Å². The monoisotopic (exact) mass is 449 g/mol. The topological polar surface area (TPSA) is 65.6 Å². The Balaban J connectivity index is 1.76. The lowest BCUT2D eigenvalue weighted by Crippen LogP contribution is -2.22. The van der Waals surface area contributed by atoms with E-state index in [1.807, 2.05) is 30.3 Å². The maximum Gasteiger partial charge on any atom is 0.288 e. The van der Waals surface area contributed by atoms with Crippen LogP contribution in [0.25, 0.3) is 22.5 Å². The molecule has 0 fully saturated rings. The van der Waals surface area contributed by atoms with Crippen molar-refractivity contribution in [1.29, 1.82) is 0 Å². The number of hydrogen-bond acceptors (Lipinski definition) is 5. The molecule has 152 valence electrons. The molecule has 0 spiro atoms. The first kappa shape index (κ1) is 19.5. The van der Waals surface area contributed by atoms with Crippen LogP contribution in [-0.2, 0) is 0 Å². The van der Waals surface area contributed by atoms with Crippen LogP contribution < -0.4 is 5.56 Å². The molecule has 0 N–H and O–H groups in total. The first-order valence-corrected chi connectivity index (χ1v) is 10.4. The summed E-state index contributed by atoms with van der Waals surface area (Å²) in [6.45, 7) is 0. The van der Waals surface area contributed by atoms with E-state index in [2.05, 4.69) is 10.3 Å². The summed E-state index contributed by atoms with van der Waals surface area (Å²) in [5.74, 6) is -0.341. The van der Waals surface area contributed by atoms with Gasteiger partial charge in [-0.05, 0) is 54.6 Å². The zero-order valence-corrected chi connectivity index (χ0v) is 17.4. The van der Waals surface area contributed by atoms with Gasteiger partial charge in [0.25, 0.3) is 5.56 Å². The summed E-state index contributed by atoms with van der Waals surface area (Å²) in [7, 11) is 0. The van der Waals surface area contributed by atoms with Gasteiger partial charge in [0.05, 0.1) is 11.4 Å². The second-order valence-electron chi connectivity index (χ2n) is 6.58. The van der Waals surface area contributed by atoms with E-state index in [0.29, 0.717) is 21.5 Å². The van der Waals surface area contributed by atoms with Gasteiger partial charge >= 0.3 is 0 Å². The van der Waals surface area contributed by atoms with Crippen LogP contribution in [0, 0.1) is 5.82 Å². The van der Waals surface area contributed by atoms with E-state index in [9.17, 15) is 9.18 Å². The minimum Gasteiger partial charge on any atom is -0.266 e. The van der Waals surface area contributed by atoms with E-state index in [4.69, 9.17) is 16.6 Å². The molecule has 0 aliphatic rings. The molecule has 0 aliphatic carbocycles. The Kier molecular flexibility index (Phi) is 5.01. The van der Waals surface area contributed by atoms with Gasteiger partial charge in [0, 0.05) is 9.92 Å². The van der Waals surface area contributed by atoms with Crippen molar-refractivity contribution in [1.82, 2.24) is 24.5 Å². The highest BCUT2D eigenvalue weighted by Crippen LogP contribution is 2.29. The second-order valence-corrected chi connectivity index (χ2v) is 8.06. The summed E-state index contributed by atoms with van der Waals surface area (Å²) >= 11 is 7.40. The van der Waals surface area contributed by atoms with Crippen LogP contribution in [0.5, 0.6) is 0 Å². The average molecular weight is 450 g/mol. The standard InChI is InChI=1S/C22H13ClFN5OS/c23-14-5-4-8-17(13-14)28-21(30)19-20(29(27-26-19)16-6-2-1-3-7-16)25-22(28)31-18-11-9-15(24)10-12-18/h1-13H. The van der Waals surface area contributed by atoms with Crippen molar-refractivity contribution < 1.29 is 4.39 Å². The van der Waals surface area contributed by atoms with E-state index in [-0.39, 0.29) is 16.9 Å². The molecule has 9 heteroatoms. The summed E-state index contributed by atoms with van der Waals surface area (Å²) in [5.41, 5.74) is 1.37. The fraction of sp³-hybridized carbons (Fsp3) is 0. The Morgan fingerprint density at radius 2 is 1.65 bits per heavy atom. The molecule has 2 heterocycles. The Morgan fingerprint density at radius 3 is 2.39 bits per heavy atom. The first-order chi connectivity index (χ1) is 15.1. The third-order valence-electron chi connectivity index (χ3n) is 4.54. The summed E-state index contributed by atoms with van der Waals surface area (Å²) in [4.78, 5) is 18.9. The van der Waals surface area contributed by atoms with Crippen LogP contribution in [0.15, 0.2) is 93.7 Å². The molecule has 6 nitrogen and oxygen atoms in total. The fourth-order valence-electron chi connectivity index (χ4n) is 3.11. The minimum atomic E-state index is -0.376. The molecule has 5 rings (SSSR count). The van der Waals surface area contributed by atoms with Gasteiger partial charge in [-0.15, -0.1) is 5.10 Å². The van der Waals surface area contributed by atoms with Gasteiger partial charge in [-0.1, -0.05) is 52.8 Å². The Hall–Kier alpha value is -3.49. The molecule has 0 aliphatic heterocycles. The van der Waals surface area contributed by atoms with Gasteiger partial charge in [0.2, 0.25) is 0 Å². The van der Waals surface area contributed by atoms with Crippen molar-refractivity contribution in [2.24, 2.45) is 0 Å². The molecule has 0 saturated carbocycles. The largest absolute Gasteiger partial charge is 0.288 e. The molecule has 5 aromatic rings. The highest BCUT2D eigenvalue weighted by Gasteiger charge is 2.19. The SMILES string of the molecule is O=c1c2nnn(-c3ccccc3)c2nc(Sc2ccc(F)cc2)n1-c1cccc(Cl)c1. The van der Waals surface area contributed by atoms with Crippen molar-refractivity contribution >= 4 is 34.5 Å². The molecular formula is C22H13ClFN5OS. The number of hydrogen-bond donors (Lipinski definition) is 0. The highest BCUT2D eigenvalue weighted by molar-refractivity contribution is 7.99. The molecule has 0 atom stereocenters. The van der Waals surface area contributed by atoms with E-state index in [0.717, 1.165) is 10.6 Å². The number of benzene rings is 3. The lowest BCUT2D eigenvalue weighted by Gasteiger charge is -2.12. The van der Waals surface area contributed by atoms with E-state index >= 15 is 0 Å². The summed E-state index contributed by atoms with van der Waals surface area (Å²) < 4.78 is 16.3. The van der Waals surface area contributed by atoms with E-state index < -0.39 is 0 Å². The van der Waals surface area contributed by atoms with Crippen LogP contribution in [0.4, 0.5) is 4.39 Å². The Bertz CT molecular complexity index is 1450. The quantitative estimate of drug-likeness (QED) is 0.365. The summed E-state index contributed by atoms with van der Waals surface area (Å²) in [6, 6.07) is 22.2. The Labute approximate surface area is 184 Å². The van der Waals surface area contributed by atoms with Crippen molar-refractivity contribution in [3.8, 4) is 11.4 Å². The fourth-order valence-corrected chi connectivity index (χ4v) is 4.19. The average Bonchev–Trinajstić information content (AvgIpc) is 3.20. The van der Waals surface area contributed by atoms with Crippen molar-refractivity contribution in [3.63, 3.8) is 0 Å². The van der Waals surface area contributed by atoms with Gasteiger partial charge in [-0.3, -0.25) is 9.36 Å². The number of fused-ring (bicyclic) bond motifs is 1. The maximum absolute atomic E-state index is 13.4. The normalized spacial score (nSPS) is 11.2. The smallest absolute Gasteiger partial charge is 0.266 e. The number of aromatic nitrogens is 5. The Morgan fingerprint density at radius 1 is 0.903 bits per heavy atom. The highest BCUT2D eigenvalue weighted by atomic mass is 35.5. The van der Waals surface area contributed by atoms with Crippen LogP contribution in [0.3, 0.4) is 0 Å². The van der Waals surface area contributed by atoms with Crippen LogP contribution in [0.1, 0.15) is 0 Å². The minimum absolute atomic E-state index is 0.132. The van der Waals surface area contributed by atoms with Crippen LogP contribution in [-0.4, -0.2) is 24.5 Å². The van der Waals surface area contributed by atoms with Gasteiger partial charge in [-0.2, -0.15) is 4.68 Å². The van der Waals surface area contributed by atoms with E-state index in [1.165, 1.54) is 33.1 Å². The van der Waals surface area contributed by atoms with E-state index in [1.54, 1.807) is 36.4 Å². The zero-order valence-electron chi connectivity index (χ0n) is 15.8. The molecule has 0 radical (unpaired) electrons. The molecule has 0 saturated heterocycles. The van der Waals surface area contributed by atoms with Gasteiger partial charge in [-0.25, -0.2) is 9.37 Å². The van der Waals surface area contributed by atoms with Crippen LogP contribution in [0.2, 0.25) is 5.02 Å². The van der Waals surface area contributed by atoms with Crippen molar-refractivity contribution in [2.45, 2.75) is 10.1 Å². The maximum atomic E-state index is 13.4. The summed E-state index contributed by atoms with van der Waals surface area (Å²) in [6.07, 6.45) is 0. The lowest BCUT2D eigenvalue weighted by atomic mass is 10.3. The molecular weight excluding hydrogens is 437 g/mol.